The van der Waals surface area contributed by atoms with E-state index in [0.717, 1.165) is 13.2 Å². The highest BCUT2D eigenvalue weighted by atomic mass is 32.1. The van der Waals surface area contributed by atoms with Gasteiger partial charge < -0.3 is 4.74 Å². The molecular formula is C7H10OS. The monoisotopic (exact) mass is 142 g/mol. The number of ether oxygens (including phenoxy) is 1. The molecule has 1 aromatic heterocycles. The first-order valence-corrected chi connectivity index (χ1v) is 3.85. The molecule has 0 amide bonds. The highest BCUT2D eigenvalue weighted by Crippen LogP contribution is 2.03. The predicted molar refractivity (Wildman–Crippen MR) is 39.9 cm³/mol. The zero-order valence-corrected chi connectivity index (χ0v) is 6.28. The zero-order chi connectivity index (χ0) is 6.53. The van der Waals surface area contributed by atoms with Crippen molar-refractivity contribution in [1.29, 1.82) is 0 Å². The number of hydrogen-bond acceptors (Lipinski definition) is 2. The predicted octanol–water partition coefficient (Wildman–Crippen LogP) is 2.07. The molecule has 0 atom stereocenters. The van der Waals surface area contributed by atoms with E-state index in [0.29, 0.717) is 0 Å². The fraction of sp³-hybridized carbons (Fsp3) is 0.429. The van der Waals surface area contributed by atoms with Crippen molar-refractivity contribution in [3.8, 4) is 0 Å². The lowest BCUT2D eigenvalue weighted by Crippen LogP contribution is -1.42. The molecule has 9 heavy (non-hydrogen) atoms. The Hall–Kier alpha value is -0.340. The molecule has 1 aromatic rings. The SMILES string of the molecule is C1CO1.Cc1cccs1. The minimum absolute atomic E-state index is 1.00. The third kappa shape index (κ3) is 4.18. The van der Waals surface area contributed by atoms with E-state index < -0.39 is 0 Å². The van der Waals surface area contributed by atoms with Gasteiger partial charge in [-0.15, -0.1) is 11.3 Å². The van der Waals surface area contributed by atoms with Crippen molar-refractivity contribution in [2.24, 2.45) is 0 Å². The molecule has 1 saturated heterocycles. The average Bonchev–Trinajstić information content (AvgIpc) is 2.64. The molecule has 0 radical (unpaired) electrons. The highest BCUT2D eigenvalue weighted by Gasteiger charge is 1.94. The van der Waals surface area contributed by atoms with Crippen molar-refractivity contribution >= 4 is 11.3 Å². The Labute approximate surface area is 59.3 Å². The second kappa shape index (κ2) is 3.64. The van der Waals surface area contributed by atoms with Crippen molar-refractivity contribution < 1.29 is 4.74 Å². The van der Waals surface area contributed by atoms with Crippen molar-refractivity contribution in [3.05, 3.63) is 22.4 Å². The highest BCUT2D eigenvalue weighted by molar-refractivity contribution is 7.09. The minimum atomic E-state index is 1.00. The summed E-state index contributed by atoms with van der Waals surface area (Å²) in [5.74, 6) is 0. The molecule has 0 saturated carbocycles. The molecule has 2 heteroatoms. The number of thiophene rings is 1. The van der Waals surface area contributed by atoms with E-state index in [1.165, 1.54) is 4.88 Å². The van der Waals surface area contributed by atoms with Crippen LogP contribution in [0.1, 0.15) is 4.88 Å². The second-order valence-electron chi connectivity index (χ2n) is 1.84. The van der Waals surface area contributed by atoms with Gasteiger partial charge in [-0.25, -0.2) is 0 Å². The standard InChI is InChI=1S/C5H6S.C2H4O/c1-5-3-2-4-6-5;1-2-3-1/h2-4H,1H3;1-2H2. The zero-order valence-electron chi connectivity index (χ0n) is 5.46. The summed E-state index contributed by atoms with van der Waals surface area (Å²) >= 11 is 1.78. The van der Waals surface area contributed by atoms with Gasteiger partial charge in [0.2, 0.25) is 0 Å². The van der Waals surface area contributed by atoms with Gasteiger partial charge in [0.25, 0.3) is 0 Å². The van der Waals surface area contributed by atoms with E-state index in [1.54, 1.807) is 11.3 Å². The summed E-state index contributed by atoms with van der Waals surface area (Å²) in [7, 11) is 0. The Morgan fingerprint density at radius 3 is 2.33 bits per heavy atom. The number of hydrogen-bond donors (Lipinski definition) is 0. The molecule has 0 spiro atoms. The lowest BCUT2D eigenvalue weighted by Gasteiger charge is -1.65. The van der Waals surface area contributed by atoms with Gasteiger partial charge in [-0.3, -0.25) is 0 Å². The van der Waals surface area contributed by atoms with Crippen LogP contribution in [-0.4, -0.2) is 13.2 Å². The molecule has 1 aliphatic heterocycles. The van der Waals surface area contributed by atoms with Gasteiger partial charge in [0, 0.05) is 4.88 Å². The maximum absolute atomic E-state index is 4.50. The normalized spacial score (nSPS) is 13.9. The molecule has 0 aliphatic carbocycles. The molecule has 50 valence electrons. The Bertz CT molecular complexity index is 141. The van der Waals surface area contributed by atoms with Crippen LogP contribution >= 0.6 is 11.3 Å². The first-order chi connectivity index (χ1) is 4.39. The Kier molecular flexibility index (Phi) is 2.74. The van der Waals surface area contributed by atoms with E-state index >= 15 is 0 Å². The van der Waals surface area contributed by atoms with Gasteiger partial charge in [-0.1, -0.05) is 6.07 Å². The van der Waals surface area contributed by atoms with Gasteiger partial charge in [0.15, 0.2) is 0 Å². The second-order valence-corrected chi connectivity index (χ2v) is 2.99. The summed E-state index contributed by atoms with van der Waals surface area (Å²) in [6.07, 6.45) is 0. The third-order valence-corrected chi connectivity index (χ3v) is 1.67. The van der Waals surface area contributed by atoms with Crippen LogP contribution in [0.25, 0.3) is 0 Å². The Balaban J connectivity index is 0.000000112. The average molecular weight is 142 g/mol. The van der Waals surface area contributed by atoms with Crippen molar-refractivity contribution in [2.45, 2.75) is 6.92 Å². The van der Waals surface area contributed by atoms with Crippen LogP contribution in [0.4, 0.5) is 0 Å². The molecule has 0 aromatic carbocycles. The van der Waals surface area contributed by atoms with Crippen LogP contribution in [-0.2, 0) is 4.74 Å². The van der Waals surface area contributed by atoms with Crippen LogP contribution < -0.4 is 0 Å². The summed E-state index contributed by atoms with van der Waals surface area (Å²) in [4.78, 5) is 1.38. The Morgan fingerprint density at radius 2 is 2.22 bits per heavy atom. The fourth-order valence-corrected chi connectivity index (χ4v) is 0.890. The lowest BCUT2D eigenvalue weighted by atomic mass is 10.5. The first kappa shape index (κ1) is 6.78. The topological polar surface area (TPSA) is 12.5 Å². The summed E-state index contributed by atoms with van der Waals surface area (Å²) in [5.41, 5.74) is 0. The molecule has 1 fully saturated rings. The maximum atomic E-state index is 4.50. The summed E-state index contributed by atoms with van der Waals surface area (Å²) in [6.45, 7) is 4.10. The van der Waals surface area contributed by atoms with Crippen molar-refractivity contribution in [1.82, 2.24) is 0 Å². The van der Waals surface area contributed by atoms with E-state index in [4.69, 9.17) is 0 Å². The molecule has 2 rings (SSSR count). The van der Waals surface area contributed by atoms with E-state index in [9.17, 15) is 0 Å². The van der Waals surface area contributed by atoms with Crippen LogP contribution in [0.15, 0.2) is 17.5 Å². The van der Waals surface area contributed by atoms with Gasteiger partial charge in [-0.05, 0) is 18.4 Å². The number of rotatable bonds is 0. The van der Waals surface area contributed by atoms with Gasteiger partial charge in [0.1, 0.15) is 0 Å². The van der Waals surface area contributed by atoms with Crippen LogP contribution in [0.2, 0.25) is 0 Å². The molecule has 1 nitrogen and oxygen atoms in total. The first-order valence-electron chi connectivity index (χ1n) is 2.97. The number of epoxide rings is 1. The molecule has 0 N–H and O–H groups in total. The van der Waals surface area contributed by atoms with Gasteiger partial charge >= 0.3 is 0 Å². The van der Waals surface area contributed by atoms with E-state index in [1.807, 2.05) is 0 Å². The van der Waals surface area contributed by atoms with Crippen molar-refractivity contribution in [3.63, 3.8) is 0 Å². The molecule has 1 aliphatic rings. The maximum Gasteiger partial charge on any atom is 0.0701 e. The number of aryl methyl sites for hydroxylation is 1. The van der Waals surface area contributed by atoms with Crippen LogP contribution in [0.3, 0.4) is 0 Å². The van der Waals surface area contributed by atoms with E-state index in [2.05, 4.69) is 29.2 Å². The largest absolute Gasteiger partial charge is 0.377 e. The molecule has 0 unspecified atom stereocenters. The third-order valence-electron chi connectivity index (χ3n) is 0.868. The van der Waals surface area contributed by atoms with E-state index in [-0.39, 0.29) is 0 Å². The summed E-state index contributed by atoms with van der Waals surface area (Å²) in [5, 5.41) is 2.08. The van der Waals surface area contributed by atoms with Crippen LogP contribution in [0, 0.1) is 6.92 Å². The Morgan fingerprint density at radius 1 is 1.56 bits per heavy atom. The summed E-state index contributed by atoms with van der Waals surface area (Å²) < 4.78 is 4.50. The van der Waals surface area contributed by atoms with Gasteiger partial charge in [-0.2, -0.15) is 0 Å². The molecule has 0 bridgehead atoms. The lowest BCUT2D eigenvalue weighted by molar-refractivity contribution is 0.475. The van der Waals surface area contributed by atoms with Crippen molar-refractivity contribution in [2.75, 3.05) is 13.2 Å². The van der Waals surface area contributed by atoms with Gasteiger partial charge in [0.05, 0.1) is 13.2 Å². The smallest absolute Gasteiger partial charge is 0.0701 e. The molecular weight excluding hydrogens is 132 g/mol. The quantitative estimate of drug-likeness (QED) is 0.505. The van der Waals surface area contributed by atoms with Crippen LogP contribution in [0.5, 0.6) is 0 Å². The minimum Gasteiger partial charge on any atom is -0.377 e. The fourth-order valence-electron chi connectivity index (χ4n) is 0.361. The molecule has 2 heterocycles. The summed E-state index contributed by atoms with van der Waals surface area (Å²) in [6, 6.07) is 4.16.